The number of aromatic nitrogens is 1. The number of aryl methyl sites for hydroxylation is 1. The lowest BCUT2D eigenvalue weighted by Gasteiger charge is -2.37. The van der Waals surface area contributed by atoms with Crippen molar-refractivity contribution in [3.05, 3.63) is 144 Å². The summed E-state index contributed by atoms with van der Waals surface area (Å²) < 4.78 is 51.4. The van der Waals surface area contributed by atoms with E-state index in [1.165, 1.54) is 17.0 Å². The van der Waals surface area contributed by atoms with Gasteiger partial charge in [0.15, 0.2) is 0 Å². The maximum Gasteiger partial charge on any atom is 0.338 e. The zero-order valence-corrected chi connectivity index (χ0v) is 38.1. The normalized spacial score (nSPS) is 15.2. The number of anilines is 4. The first-order valence-corrected chi connectivity index (χ1v) is 24.2. The molecule has 0 radical (unpaired) electrons. The summed E-state index contributed by atoms with van der Waals surface area (Å²) in [5, 5.41) is 14.0. The monoisotopic (exact) mass is 902 g/mol. The molecule has 2 aliphatic rings. The lowest BCUT2D eigenvalue weighted by molar-refractivity contribution is 0.0370. The molecule has 1 atom stereocenters. The van der Waals surface area contributed by atoms with Crippen molar-refractivity contribution in [3.8, 4) is 22.4 Å². The third-order valence-corrected chi connectivity index (χ3v) is 14.8. The van der Waals surface area contributed by atoms with Gasteiger partial charge in [-0.2, -0.15) is 0 Å². The fraction of sp³-hybridized carbons (Fsp3) is 0.300. The standard InChI is InChI=1S/C50H55FN6O5S2/c1-35-32-45(20-21-46(35)52-41(22-23-55-28-30-62-31-29-55)34-63-44-10-5-4-6-11-44)64(60,61)53-40-16-18-42(19-17-40)56-24-26-57(27-25-56)43-9-7-8-38(33-43)48-47(50(58)59)36(2)54(3)49(48)37-12-14-39(51)15-13-37/h4-21,32-33,41,52-53H,22-31,34H2,1-3H3,(H,58,59)/t41-/m1/s1. The molecule has 2 fully saturated rings. The van der Waals surface area contributed by atoms with Crippen LogP contribution in [0.25, 0.3) is 22.4 Å². The zero-order chi connectivity index (χ0) is 44.8. The van der Waals surface area contributed by atoms with Crippen molar-refractivity contribution in [1.29, 1.82) is 0 Å². The maximum atomic E-state index is 13.9. The molecule has 64 heavy (non-hydrogen) atoms. The summed E-state index contributed by atoms with van der Waals surface area (Å²) in [6.07, 6.45) is 0.952. The Labute approximate surface area is 379 Å². The molecule has 3 heterocycles. The molecule has 0 spiro atoms. The van der Waals surface area contributed by atoms with E-state index in [1.807, 2.05) is 78.8 Å². The SMILES string of the molecule is Cc1cc(S(=O)(=O)Nc2ccc(N3CCN(c4cccc(-c5c(C(=O)O)c(C)n(C)c5-c5ccc(F)cc5)c4)CC3)cc2)ccc1N[C@H](CCN1CCOCC1)CSc1ccccc1. The molecule has 0 bridgehead atoms. The molecule has 2 aliphatic heterocycles. The number of piperazine rings is 1. The highest BCUT2D eigenvalue weighted by atomic mass is 32.2. The van der Waals surface area contributed by atoms with Gasteiger partial charge < -0.3 is 29.5 Å². The van der Waals surface area contributed by atoms with E-state index >= 15 is 0 Å². The van der Waals surface area contributed by atoms with Crippen LogP contribution >= 0.6 is 11.8 Å². The third-order valence-electron chi connectivity index (χ3n) is 12.2. The quantitative estimate of drug-likeness (QED) is 0.0812. The van der Waals surface area contributed by atoms with Crippen molar-refractivity contribution >= 4 is 50.5 Å². The van der Waals surface area contributed by atoms with Gasteiger partial charge in [0, 0.05) is 104 Å². The molecule has 0 amide bonds. The third kappa shape index (κ3) is 10.4. The summed E-state index contributed by atoms with van der Waals surface area (Å²) in [5.41, 5.74) is 7.92. The Morgan fingerprint density at radius 1 is 0.797 bits per heavy atom. The van der Waals surface area contributed by atoms with Crippen LogP contribution < -0.4 is 19.8 Å². The summed E-state index contributed by atoms with van der Waals surface area (Å²) in [6.45, 7) is 11.0. The molecule has 14 heteroatoms. The van der Waals surface area contributed by atoms with Gasteiger partial charge >= 0.3 is 5.97 Å². The number of benzene rings is 5. The van der Waals surface area contributed by atoms with Crippen LogP contribution in [0.1, 0.15) is 28.0 Å². The van der Waals surface area contributed by atoms with Crippen molar-refractivity contribution in [2.75, 3.05) is 84.6 Å². The van der Waals surface area contributed by atoms with Gasteiger partial charge in [0.1, 0.15) is 5.82 Å². The van der Waals surface area contributed by atoms with Gasteiger partial charge in [-0.3, -0.25) is 9.62 Å². The predicted octanol–water partition coefficient (Wildman–Crippen LogP) is 9.24. The molecule has 334 valence electrons. The second-order valence-corrected chi connectivity index (χ2v) is 19.2. The van der Waals surface area contributed by atoms with E-state index in [0.29, 0.717) is 16.9 Å². The van der Waals surface area contributed by atoms with Crippen molar-refractivity contribution in [2.24, 2.45) is 7.05 Å². The highest BCUT2D eigenvalue weighted by Gasteiger charge is 2.27. The summed E-state index contributed by atoms with van der Waals surface area (Å²) in [7, 11) is -2.01. The fourth-order valence-electron chi connectivity index (χ4n) is 8.59. The van der Waals surface area contributed by atoms with E-state index < -0.39 is 16.0 Å². The second-order valence-electron chi connectivity index (χ2n) is 16.4. The smallest absolute Gasteiger partial charge is 0.338 e. The van der Waals surface area contributed by atoms with Crippen molar-refractivity contribution in [3.63, 3.8) is 0 Å². The number of morpholine rings is 1. The number of hydrogen-bond acceptors (Lipinski definition) is 9. The number of halogens is 1. The van der Waals surface area contributed by atoms with Crippen molar-refractivity contribution < 1.29 is 27.4 Å². The van der Waals surface area contributed by atoms with E-state index in [1.54, 1.807) is 43.3 Å². The number of carboxylic acids is 1. The number of ether oxygens (including phenoxy) is 1. The van der Waals surface area contributed by atoms with Gasteiger partial charge in [0.05, 0.1) is 29.4 Å². The fourth-order valence-corrected chi connectivity index (χ4v) is 10.7. The molecule has 5 aromatic carbocycles. The molecule has 3 N–H and O–H groups in total. The number of thioether (sulfide) groups is 1. The number of aromatic carboxylic acids is 1. The van der Waals surface area contributed by atoms with Crippen LogP contribution in [0.4, 0.5) is 27.1 Å². The van der Waals surface area contributed by atoms with Crippen LogP contribution in [-0.2, 0) is 21.8 Å². The molecular formula is C50H55FN6O5S2. The molecule has 11 nitrogen and oxygen atoms in total. The van der Waals surface area contributed by atoms with Gasteiger partial charge in [0.2, 0.25) is 0 Å². The molecule has 2 saturated heterocycles. The minimum atomic E-state index is -3.85. The first kappa shape index (κ1) is 44.8. The highest BCUT2D eigenvalue weighted by molar-refractivity contribution is 7.99. The van der Waals surface area contributed by atoms with Gasteiger partial charge in [-0.25, -0.2) is 17.6 Å². The minimum Gasteiger partial charge on any atom is -0.478 e. The largest absolute Gasteiger partial charge is 0.478 e. The van der Waals surface area contributed by atoms with Crippen LogP contribution in [0.2, 0.25) is 0 Å². The minimum absolute atomic E-state index is 0.182. The summed E-state index contributed by atoms with van der Waals surface area (Å²) in [5.74, 6) is -0.492. The Kier molecular flexibility index (Phi) is 14.0. The lowest BCUT2D eigenvalue weighted by Crippen LogP contribution is -2.46. The van der Waals surface area contributed by atoms with Crippen molar-refractivity contribution in [2.45, 2.75) is 36.1 Å². The molecular weight excluding hydrogens is 848 g/mol. The summed E-state index contributed by atoms with van der Waals surface area (Å²) in [6, 6.07) is 37.4. The average Bonchev–Trinajstić information content (AvgIpc) is 3.58. The van der Waals surface area contributed by atoms with Crippen LogP contribution in [0.3, 0.4) is 0 Å². The van der Waals surface area contributed by atoms with Crippen LogP contribution in [0, 0.1) is 19.7 Å². The Hall–Kier alpha value is -5.80. The van der Waals surface area contributed by atoms with Crippen molar-refractivity contribution in [1.82, 2.24) is 9.47 Å². The predicted molar refractivity (Wildman–Crippen MR) is 257 cm³/mol. The topological polar surface area (TPSA) is 119 Å². The Balaban J connectivity index is 0.896. The Morgan fingerprint density at radius 3 is 2.16 bits per heavy atom. The van der Waals surface area contributed by atoms with E-state index in [0.717, 1.165) is 111 Å². The zero-order valence-electron chi connectivity index (χ0n) is 36.5. The molecule has 0 saturated carbocycles. The number of nitrogens with one attached hydrogen (secondary N) is 2. The van der Waals surface area contributed by atoms with Crippen LogP contribution in [0.5, 0.6) is 0 Å². The van der Waals surface area contributed by atoms with E-state index in [4.69, 9.17) is 4.74 Å². The van der Waals surface area contributed by atoms with E-state index in [-0.39, 0.29) is 22.3 Å². The van der Waals surface area contributed by atoms with Gasteiger partial charge in [-0.05, 0) is 128 Å². The Morgan fingerprint density at radius 2 is 1.48 bits per heavy atom. The Bertz CT molecular complexity index is 2660. The van der Waals surface area contributed by atoms with E-state index in [9.17, 15) is 22.7 Å². The van der Waals surface area contributed by atoms with Gasteiger partial charge in [0.25, 0.3) is 10.0 Å². The number of sulfonamides is 1. The number of hydrogen-bond donors (Lipinski definition) is 3. The number of rotatable bonds is 16. The van der Waals surface area contributed by atoms with Gasteiger partial charge in [-0.15, -0.1) is 11.8 Å². The second kappa shape index (κ2) is 19.9. The molecule has 1 aromatic heterocycles. The van der Waals surface area contributed by atoms with Gasteiger partial charge in [-0.1, -0.05) is 30.3 Å². The first-order chi connectivity index (χ1) is 30.9. The lowest BCUT2D eigenvalue weighted by atomic mass is 9.96. The first-order valence-electron chi connectivity index (χ1n) is 21.7. The summed E-state index contributed by atoms with van der Waals surface area (Å²) >= 11 is 1.82. The number of nitrogens with zero attached hydrogens (tertiary/aromatic N) is 4. The molecule has 6 aromatic rings. The maximum absolute atomic E-state index is 13.9. The highest BCUT2D eigenvalue weighted by Crippen LogP contribution is 2.40. The van der Waals surface area contributed by atoms with Crippen LogP contribution in [0.15, 0.2) is 131 Å². The molecule has 8 rings (SSSR count). The molecule has 0 unspecified atom stereocenters. The average molecular weight is 903 g/mol. The summed E-state index contributed by atoms with van der Waals surface area (Å²) in [4.78, 5) is 21.0. The van der Waals surface area contributed by atoms with E-state index in [2.05, 4.69) is 49.0 Å². The molecule has 0 aliphatic carbocycles. The number of carboxylic acid groups (broad SMARTS) is 1. The number of carbonyl (C=O) groups is 1. The van der Waals surface area contributed by atoms with Crippen LogP contribution in [-0.4, -0.2) is 99.8 Å².